The average molecular weight is 548 g/mol. The molecule has 0 radical (unpaired) electrons. The van der Waals surface area contributed by atoms with Gasteiger partial charge in [-0.25, -0.2) is 15.0 Å². The van der Waals surface area contributed by atoms with E-state index in [1.807, 2.05) is 12.1 Å². The van der Waals surface area contributed by atoms with Gasteiger partial charge in [0.2, 0.25) is 0 Å². The maximum Gasteiger partial charge on any atom is 0.164 e. The summed E-state index contributed by atoms with van der Waals surface area (Å²) in [6, 6.07) is 57.2. The van der Waals surface area contributed by atoms with Gasteiger partial charge in [0.15, 0.2) is 11.6 Å². The van der Waals surface area contributed by atoms with Gasteiger partial charge in [-0.15, -0.1) is 0 Å². The first-order valence-corrected chi connectivity index (χ1v) is 14.4. The molecule has 0 aliphatic heterocycles. The van der Waals surface area contributed by atoms with Crippen LogP contribution in [0.15, 0.2) is 152 Å². The first-order valence-electron chi connectivity index (χ1n) is 14.4. The van der Waals surface area contributed by atoms with Crippen LogP contribution in [0.5, 0.6) is 0 Å². The van der Waals surface area contributed by atoms with Crippen molar-refractivity contribution in [2.45, 2.75) is 5.41 Å². The lowest BCUT2D eigenvalue weighted by Crippen LogP contribution is -2.28. The van der Waals surface area contributed by atoms with E-state index in [1.54, 1.807) is 6.33 Å². The van der Waals surface area contributed by atoms with Crippen molar-refractivity contribution in [3.8, 4) is 45.0 Å². The second-order valence-corrected chi connectivity index (χ2v) is 10.7. The minimum atomic E-state index is -0.516. The molecule has 200 valence electrons. The van der Waals surface area contributed by atoms with Crippen LogP contribution in [-0.2, 0) is 5.41 Å². The summed E-state index contributed by atoms with van der Waals surface area (Å²) in [4.78, 5) is 14.3. The molecule has 6 aromatic carbocycles. The third kappa shape index (κ3) is 3.96. The summed E-state index contributed by atoms with van der Waals surface area (Å²) in [7, 11) is 0. The van der Waals surface area contributed by atoms with Crippen LogP contribution >= 0.6 is 0 Å². The minimum absolute atomic E-state index is 0.516. The fourth-order valence-corrected chi connectivity index (χ4v) is 6.58. The number of hydrogen-bond acceptors (Lipinski definition) is 3. The van der Waals surface area contributed by atoms with E-state index < -0.39 is 5.41 Å². The van der Waals surface area contributed by atoms with Gasteiger partial charge in [0, 0.05) is 11.1 Å². The van der Waals surface area contributed by atoms with Gasteiger partial charge in [-0.1, -0.05) is 140 Å². The van der Waals surface area contributed by atoms with Gasteiger partial charge in [-0.05, 0) is 62.7 Å². The van der Waals surface area contributed by atoms with Gasteiger partial charge in [-0.3, -0.25) is 0 Å². The Labute approximate surface area is 251 Å². The molecule has 3 nitrogen and oxygen atoms in total. The van der Waals surface area contributed by atoms with Gasteiger partial charge < -0.3 is 0 Å². The van der Waals surface area contributed by atoms with Crippen LogP contribution in [0.1, 0.15) is 22.3 Å². The molecule has 8 rings (SSSR count). The molecule has 0 fully saturated rings. The molecule has 43 heavy (non-hydrogen) atoms. The zero-order valence-electron chi connectivity index (χ0n) is 23.3. The van der Waals surface area contributed by atoms with Gasteiger partial charge >= 0.3 is 0 Å². The predicted octanol–water partition coefficient (Wildman–Crippen LogP) is 8.84. The lowest BCUT2D eigenvalue weighted by atomic mass is 9.68. The Bertz CT molecular complexity index is 2010. The van der Waals surface area contributed by atoms with E-state index in [2.05, 4.69) is 151 Å². The Morgan fingerprint density at radius 3 is 1.91 bits per heavy atom. The highest BCUT2D eigenvalue weighted by molar-refractivity contribution is 5.94. The lowest BCUT2D eigenvalue weighted by Gasteiger charge is -2.33. The standard InChI is InChI=1S/C40H25N3/c1-4-13-28(14-5-1)29-23-25-30(26-24-29)38-41-27-42-39(43-38)34-20-12-22-36-37(34)33-19-10-11-21-35(33)40(36,31-15-6-2-7-16-31)32-17-8-3-9-18-32/h1-2,4-8,10-27H. The highest BCUT2D eigenvalue weighted by atomic mass is 15.0. The third-order valence-electron chi connectivity index (χ3n) is 8.43. The summed E-state index contributed by atoms with van der Waals surface area (Å²) in [6.45, 7) is 0. The highest BCUT2D eigenvalue weighted by Gasteiger charge is 2.47. The fourth-order valence-electron chi connectivity index (χ4n) is 6.58. The van der Waals surface area contributed by atoms with Gasteiger partial charge in [0.1, 0.15) is 6.33 Å². The maximum absolute atomic E-state index is 5.03. The molecule has 1 aromatic heterocycles. The van der Waals surface area contributed by atoms with Crippen molar-refractivity contribution >= 4 is 0 Å². The van der Waals surface area contributed by atoms with Crippen LogP contribution in [0.25, 0.3) is 45.0 Å². The van der Waals surface area contributed by atoms with E-state index in [4.69, 9.17) is 9.97 Å². The molecule has 7 aromatic rings. The predicted molar refractivity (Wildman–Crippen MR) is 171 cm³/mol. The van der Waals surface area contributed by atoms with E-state index in [9.17, 15) is 0 Å². The molecule has 1 atom stereocenters. The SMILES string of the molecule is c1ccc(C2(c3ccccc3)c3ccccc3-c3c(-c4ncnc(-c5ccc(-c6ccccc6)cc5)n4)cccc32)cc#1. The van der Waals surface area contributed by atoms with E-state index in [-0.39, 0.29) is 0 Å². The molecule has 0 amide bonds. The maximum atomic E-state index is 5.03. The van der Waals surface area contributed by atoms with E-state index >= 15 is 0 Å². The van der Waals surface area contributed by atoms with Crippen LogP contribution < -0.4 is 0 Å². The normalized spacial score (nSPS) is 12.7. The molecule has 1 aliphatic carbocycles. The van der Waals surface area contributed by atoms with E-state index in [0.29, 0.717) is 11.6 Å². The fraction of sp³-hybridized carbons (Fsp3) is 0.0250. The Morgan fingerprint density at radius 2 is 1.12 bits per heavy atom. The second kappa shape index (κ2) is 10.2. The topological polar surface area (TPSA) is 38.7 Å². The molecule has 0 bridgehead atoms. The molecule has 0 N–H and O–H groups in total. The smallest absolute Gasteiger partial charge is 0.164 e. The summed E-state index contributed by atoms with van der Waals surface area (Å²) in [5.41, 5.74) is 10.9. The van der Waals surface area contributed by atoms with Crippen molar-refractivity contribution in [3.05, 3.63) is 186 Å². The molecule has 3 heteroatoms. The summed E-state index contributed by atoms with van der Waals surface area (Å²) < 4.78 is 0. The van der Waals surface area contributed by atoms with Gasteiger partial charge in [-0.2, -0.15) is 0 Å². The molecule has 0 saturated carbocycles. The monoisotopic (exact) mass is 547 g/mol. The van der Waals surface area contributed by atoms with Crippen molar-refractivity contribution in [1.82, 2.24) is 15.0 Å². The highest BCUT2D eigenvalue weighted by Crippen LogP contribution is 2.57. The Kier molecular flexibility index (Phi) is 5.91. The molecule has 1 unspecified atom stereocenters. The van der Waals surface area contributed by atoms with Crippen molar-refractivity contribution in [2.24, 2.45) is 0 Å². The minimum Gasteiger partial charge on any atom is -0.217 e. The number of aromatic nitrogens is 3. The average Bonchev–Trinajstić information content (AvgIpc) is 3.41. The van der Waals surface area contributed by atoms with Crippen molar-refractivity contribution in [3.63, 3.8) is 0 Å². The van der Waals surface area contributed by atoms with E-state index in [1.165, 1.54) is 27.8 Å². The molecular weight excluding hydrogens is 522 g/mol. The Hall–Kier alpha value is -5.85. The van der Waals surface area contributed by atoms with Crippen LogP contribution in [0.4, 0.5) is 0 Å². The van der Waals surface area contributed by atoms with Crippen molar-refractivity contribution < 1.29 is 0 Å². The quantitative estimate of drug-likeness (QED) is 0.216. The van der Waals surface area contributed by atoms with Gasteiger partial charge in [0.05, 0.1) is 5.41 Å². The Morgan fingerprint density at radius 1 is 0.465 bits per heavy atom. The van der Waals surface area contributed by atoms with Gasteiger partial charge in [0.25, 0.3) is 0 Å². The summed E-state index contributed by atoms with van der Waals surface area (Å²) in [5, 5.41) is 0. The largest absolute Gasteiger partial charge is 0.217 e. The van der Waals surface area contributed by atoms with Crippen molar-refractivity contribution in [1.29, 1.82) is 0 Å². The zero-order valence-corrected chi connectivity index (χ0v) is 23.3. The van der Waals surface area contributed by atoms with Crippen molar-refractivity contribution in [2.75, 3.05) is 0 Å². The Balaban J connectivity index is 1.31. The summed E-state index contributed by atoms with van der Waals surface area (Å²) in [6.07, 6.45) is 1.62. The number of nitrogens with zero attached hydrogens (tertiary/aromatic N) is 3. The molecule has 1 heterocycles. The lowest BCUT2D eigenvalue weighted by molar-refractivity contribution is 0.769. The van der Waals surface area contributed by atoms with Crippen LogP contribution in [0.2, 0.25) is 0 Å². The van der Waals surface area contributed by atoms with Crippen LogP contribution in [0.3, 0.4) is 0 Å². The molecule has 0 saturated heterocycles. The molecule has 1 aliphatic rings. The first kappa shape index (κ1) is 24.9. The zero-order chi connectivity index (χ0) is 28.6. The number of benzene rings is 5. The molecule has 0 spiro atoms. The summed E-state index contributed by atoms with van der Waals surface area (Å²) in [5.74, 6) is 1.30. The van der Waals surface area contributed by atoms with E-state index in [0.717, 1.165) is 27.8 Å². The number of rotatable bonds is 5. The first-order chi connectivity index (χ1) is 21.3. The second-order valence-electron chi connectivity index (χ2n) is 10.7. The number of fused-ring (bicyclic) bond motifs is 3. The summed E-state index contributed by atoms with van der Waals surface area (Å²) >= 11 is 0. The number of hydrogen-bond donors (Lipinski definition) is 0. The third-order valence-corrected chi connectivity index (χ3v) is 8.43. The molecular formula is C40H25N3. The van der Waals surface area contributed by atoms with Crippen LogP contribution in [0, 0.1) is 12.1 Å². The van der Waals surface area contributed by atoms with Crippen LogP contribution in [-0.4, -0.2) is 15.0 Å².